The van der Waals surface area contributed by atoms with Crippen molar-refractivity contribution in [2.24, 2.45) is 0 Å². The number of benzene rings is 5. The molecule has 1 nitrogen and oxygen atoms in total. The van der Waals surface area contributed by atoms with Crippen LogP contribution < -0.4 is 5.32 Å². The molecule has 148 valence electrons. The standard InChI is InChI=1S/C30H23N/c1-2-12-23(13-3-1)31-29-17-9-8-16-26(29)28-20-22-11-5-6-14-24(22)27-19-18-21-10-4-7-15-25(21)30(27)28/h1-17,20,31H,18-19H2. The summed E-state index contributed by atoms with van der Waals surface area (Å²) in [4.78, 5) is 0. The van der Waals surface area contributed by atoms with Crippen molar-refractivity contribution in [3.63, 3.8) is 0 Å². The molecule has 0 aromatic heterocycles. The van der Waals surface area contributed by atoms with Crippen molar-refractivity contribution in [3.05, 3.63) is 120 Å². The van der Waals surface area contributed by atoms with Gasteiger partial charge in [-0.3, -0.25) is 0 Å². The van der Waals surface area contributed by atoms with Crippen molar-refractivity contribution >= 4 is 22.1 Å². The number of anilines is 2. The number of aryl methyl sites for hydroxylation is 2. The van der Waals surface area contributed by atoms with Crippen LogP contribution in [0.2, 0.25) is 0 Å². The largest absolute Gasteiger partial charge is 0.355 e. The van der Waals surface area contributed by atoms with Crippen LogP contribution in [0.3, 0.4) is 0 Å². The van der Waals surface area contributed by atoms with E-state index in [4.69, 9.17) is 0 Å². The number of para-hydroxylation sites is 2. The van der Waals surface area contributed by atoms with E-state index in [-0.39, 0.29) is 0 Å². The monoisotopic (exact) mass is 397 g/mol. The predicted molar refractivity (Wildman–Crippen MR) is 132 cm³/mol. The molecule has 0 radical (unpaired) electrons. The molecule has 0 saturated carbocycles. The van der Waals surface area contributed by atoms with Crippen LogP contribution in [0.4, 0.5) is 11.4 Å². The molecule has 1 heteroatoms. The van der Waals surface area contributed by atoms with Crippen molar-refractivity contribution in [1.82, 2.24) is 0 Å². The van der Waals surface area contributed by atoms with Crippen LogP contribution in [0.15, 0.2) is 109 Å². The summed E-state index contributed by atoms with van der Waals surface area (Å²) in [6, 6.07) is 39.2. The molecule has 0 bridgehead atoms. The maximum atomic E-state index is 3.65. The average molecular weight is 398 g/mol. The minimum Gasteiger partial charge on any atom is -0.355 e. The Balaban J connectivity index is 1.64. The highest BCUT2D eigenvalue weighted by Crippen LogP contribution is 2.46. The Morgan fingerprint density at radius 1 is 0.548 bits per heavy atom. The maximum Gasteiger partial charge on any atom is 0.0464 e. The van der Waals surface area contributed by atoms with Crippen LogP contribution in [-0.4, -0.2) is 0 Å². The van der Waals surface area contributed by atoms with Gasteiger partial charge in [-0.2, -0.15) is 0 Å². The lowest BCUT2D eigenvalue weighted by Gasteiger charge is -2.26. The van der Waals surface area contributed by atoms with E-state index in [1.807, 2.05) is 6.07 Å². The lowest BCUT2D eigenvalue weighted by atomic mass is 9.79. The lowest BCUT2D eigenvalue weighted by molar-refractivity contribution is 0.951. The van der Waals surface area contributed by atoms with Gasteiger partial charge in [0.2, 0.25) is 0 Å². The second-order valence-corrected chi connectivity index (χ2v) is 8.19. The first-order chi connectivity index (χ1) is 15.4. The topological polar surface area (TPSA) is 12.0 Å². The van der Waals surface area contributed by atoms with Crippen LogP contribution >= 0.6 is 0 Å². The third-order valence-corrected chi connectivity index (χ3v) is 6.36. The molecule has 0 unspecified atom stereocenters. The summed E-state index contributed by atoms with van der Waals surface area (Å²) in [5.41, 5.74) is 10.5. The molecule has 5 aromatic rings. The van der Waals surface area contributed by atoms with Crippen molar-refractivity contribution < 1.29 is 0 Å². The Labute approximate surface area is 183 Å². The van der Waals surface area contributed by atoms with E-state index in [1.165, 1.54) is 44.2 Å². The second-order valence-electron chi connectivity index (χ2n) is 8.19. The van der Waals surface area contributed by atoms with Crippen LogP contribution in [0.25, 0.3) is 33.0 Å². The van der Waals surface area contributed by atoms with Crippen LogP contribution in [0.5, 0.6) is 0 Å². The molecule has 0 aliphatic heterocycles. The van der Waals surface area contributed by atoms with Gasteiger partial charge in [-0.15, -0.1) is 0 Å². The Bertz CT molecular complexity index is 1400. The molecule has 0 spiro atoms. The van der Waals surface area contributed by atoms with Crippen molar-refractivity contribution in [2.45, 2.75) is 12.8 Å². The SMILES string of the molecule is c1ccc(Nc2ccccc2-c2cc3ccccc3c3c2-c2ccccc2CC3)cc1. The van der Waals surface area contributed by atoms with E-state index < -0.39 is 0 Å². The summed E-state index contributed by atoms with van der Waals surface area (Å²) in [6.07, 6.45) is 2.18. The molecule has 0 atom stereocenters. The van der Waals surface area contributed by atoms with Gasteiger partial charge < -0.3 is 5.32 Å². The van der Waals surface area contributed by atoms with Gasteiger partial charge in [-0.05, 0) is 75.7 Å². The van der Waals surface area contributed by atoms with Gasteiger partial charge in [0.15, 0.2) is 0 Å². The third kappa shape index (κ3) is 3.10. The highest BCUT2D eigenvalue weighted by Gasteiger charge is 2.23. The van der Waals surface area contributed by atoms with Gasteiger partial charge in [0, 0.05) is 16.9 Å². The summed E-state index contributed by atoms with van der Waals surface area (Å²) in [5, 5.41) is 6.34. The summed E-state index contributed by atoms with van der Waals surface area (Å²) < 4.78 is 0. The van der Waals surface area contributed by atoms with Gasteiger partial charge in [0.05, 0.1) is 0 Å². The van der Waals surface area contributed by atoms with E-state index in [9.17, 15) is 0 Å². The maximum absolute atomic E-state index is 3.65. The number of hydrogen-bond donors (Lipinski definition) is 1. The molecule has 1 aliphatic carbocycles. The predicted octanol–water partition coefficient (Wildman–Crippen LogP) is 8.02. The Morgan fingerprint density at radius 3 is 2.16 bits per heavy atom. The lowest BCUT2D eigenvalue weighted by Crippen LogP contribution is -2.06. The van der Waals surface area contributed by atoms with Crippen LogP contribution in [0, 0.1) is 0 Å². The Hall–Kier alpha value is -3.84. The highest BCUT2D eigenvalue weighted by molar-refractivity contribution is 6.03. The van der Waals surface area contributed by atoms with Crippen molar-refractivity contribution in [2.75, 3.05) is 5.32 Å². The first-order valence-electron chi connectivity index (χ1n) is 10.9. The molecule has 0 heterocycles. The smallest absolute Gasteiger partial charge is 0.0464 e. The zero-order valence-corrected chi connectivity index (χ0v) is 17.3. The normalized spacial score (nSPS) is 12.3. The molecule has 0 fully saturated rings. The van der Waals surface area contributed by atoms with Gasteiger partial charge in [-0.1, -0.05) is 84.9 Å². The van der Waals surface area contributed by atoms with Crippen molar-refractivity contribution in [3.8, 4) is 22.3 Å². The quantitative estimate of drug-likeness (QED) is 0.325. The zero-order valence-electron chi connectivity index (χ0n) is 17.3. The minimum absolute atomic E-state index is 1.08. The molecular formula is C30H23N. The zero-order chi connectivity index (χ0) is 20.6. The minimum atomic E-state index is 1.08. The van der Waals surface area contributed by atoms with E-state index in [2.05, 4.69) is 108 Å². The first kappa shape index (κ1) is 18.0. The number of fused-ring (bicyclic) bond motifs is 5. The van der Waals surface area contributed by atoms with Gasteiger partial charge in [-0.25, -0.2) is 0 Å². The molecule has 31 heavy (non-hydrogen) atoms. The van der Waals surface area contributed by atoms with Crippen LogP contribution in [-0.2, 0) is 12.8 Å². The second kappa shape index (κ2) is 7.45. The number of nitrogens with one attached hydrogen (secondary N) is 1. The molecule has 0 amide bonds. The first-order valence-corrected chi connectivity index (χ1v) is 10.9. The molecular weight excluding hydrogens is 374 g/mol. The number of hydrogen-bond acceptors (Lipinski definition) is 1. The third-order valence-electron chi connectivity index (χ3n) is 6.36. The average Bonchev–Trinajstić information content (AvgIpc) is 2.84. The Kier molecular flexibility index (Phi) is 4.32. The van der Waals surface area contributed by atoms with E-state index in [0.29, 0.717) is 0 Å². The number of rotatable bonds is 3. The van der Waals surface area contributed by atoms with Gasteiger partial charge >= 0.3 is 0 Å². The van der Waals surface area contributed by atoms with E-state index >= 15 is 0 Å². The fourth-order valence-electron chi connectivity index (χ4n) is 4.95. The van der Waals surface area contributed by atoms with Gasteiger partial charge in [0.1, 0.15) is 0 Å². The summed E-state index contributed by atoms with van der Waals surface area (Å²) >= 11 is 0. The van der Waals surface area contributed by atoms with Crippen molar-refractivity contribution in [1.29, 1.82) is 0 Å². The summed E-state index contributed by atoms with van der Waals surface area (Å²) in [7, 11) is 0. The van der Waals surface area contributed by atoms with Gasteiger partial charge in [0.25, 0.3) is 0 Å². The highest BCUT2D eigenvalue weighted by atomic mass is 14.9. The fourth-order valence-corrected chi connectivity index (χ4v) is 4.95. The summed E-state index contributed by atoms with van der Waals surface area (Å²) in [5.74, 6) is 0. The molecule has 6 rings (SSSR count). The van der Waals surface area contributed by atoms with E-state index in [0.717, 1.165) is 24.2 Å². The molecule has 5 aromatic carbocycles. The van der Waals surface area contributed by atoms with Crippen LogP contribution in [0.1, 0.15) is 11.1 Å². The fraction of sp³-hybridized carbons (Fsp3) is 0.0667. The summed E-state index contributed by atoms with van der Waals surface area (Å²) in [6.45, 7) is 0. The Morgan fingerprint density at radius 2 is 1.26 bits per heavy atom. The molecule has 1 aliphatic rings. The van der Waals surface area contributed by atoms with E-state index in [1.54, 1.807) is 0 Å². The molecule has 1 N–H and O–H groups in total. The molecule has 0 saturated heterocycles.